The molecular formula is C33H22N2O5S. The molecule has 4 aromatic carbocycles. The summed E-state index contributed by atoms with van der Waals surface area (Å²) < 4.78 is 5.17. The van der Waals surface area contributed by atoms with Crippen molar-refractivity contribution in [3.63, 3.8) is 0 Å². The van der Waals surface area contributed by atoms with Crippen LogP contribution in [-0.4, -0.2) is 23.4 Å². The second-order valence-electron chi connectivity index (χ2n) is 9.29. The Balaban J connectivity index is 1.29. The van der Waals surface area contributed by atoms with Crippen molar-refractivity contribution in [3.05, 3.63) is 149 Å². The second kappa shape index (κ2) is 11.1. The molecule has 1 atom stereocenters. The molecule has 1 aliphatic rings. The summed E-state index contributed by atoms with van der Waals surface area (Å²) in [5, 5.41) is 5.02. The third-order valence-electron chi connectivity index (χ3n) is 6.64. The fourth-order valence-electron chi connectivity index (χ4n) is 4.73. The molecule has 41 heavy (non-hydrogen) atoms. The van der Waals surface area contributed by atoms with E-state index in [1.165, 1.54) is 18.0 Å². The molecular weight excluding hydrogens is 536 g/mol. The molecule has 0 aliphatic heterocycles. The van der Waals surface area contributed by atoms with E-state index in [1.807, 2.05) is 36.4 Å². The van der Waals surface area contributed by atoms with Crippen LogP contribution in [0.4, 0.5) is 11.4 Å². The predicted octanol–water partition coefficient (Wildman–Crippen LogP) is 6.78. The first-order valence-electron chi connectivity index (χ1n) is 12.8. The van der Waals surface area contributed by atoms with E-state index in [0.29, 0.717) is 16.8 Å². The molecule has 1 unspecified atom stereocenters. The number of nitrogens with one attached hydrogen (secondary N) is 2. The van der Waals surface area contributed by atoms with Gasteiger partial charge in [-0.1, -0.05) is 72.8 Å². The van der Waals surface area contributed by atoms with Gasteiger partial charge in [-0.05, 0) is 42.0 Å². The van der Waals surface area contributed by atoms with Crippen LogP contribution in [-0.2, 0) is 4.79 Å². The maximum atomic E-state index is 13.8. The molecule has 0 bridgehead atoms. The molecule has 200 valence electrons. The minimum Gasteiger partial charge on any atom is -0.459 e. The monoisotopic (exact) mass is 558 g/mol. The number of furan rings is 1. The van der Waals surface area contributed by atoms with Crippen LogP contribution in [0.5, 0.6) is 0 Å². The summed E-state index contributed by atoms with van der Waals surface area (Å²) >= 11 is 1.30. The predicted molar refractivity (Wildman–Crippen MR) is 157 cm³/mol. The van der Waals surface area contributed by atoms with Crippen LogP contribution < -0.4 is 10.6 Å². The first kappa shape index (κ1) is 26.0. The lowest BCUT2D eigenvalue weighted by Gasteiger charge is -2.22. The number of ketones is 2. The molecule has 6 rings (SSSR count). The van der Waals surface area contributed by atoms with Gasteiger partial charge < -0.3 is 15.1 Å². The molecule has 8 heteroatoms. The molecule has 0 saturated heterocycles. The Morgan fingerprint density at radius 2 is 1.39 bits per heavy atom. The van der Waals surface area contributed by atoms with E-state index in [9.17, 15) is 19.2 Å². The standard InChI is InChI=1S/C33H22N2O5S/c36-29-23-13-4-5-14-24(23)30(37)28-25(29)15-7-16-26(28)35-33(39)31(20-9-2-1-3-10-20)41-22-12-6-11-21(19-22)34-32(38)27-17-8-18-40-27/h1-19,31H,(H,34,38)(H,35,39). The van der Waals surface area contributed by atoms with Crippen LogP contribution in [0.25, 0.3) is 0 Å². The van der Waals surface area contributed by atoms with Gasteiger partial charge in [-0.2, -0.15) is 0 Å². The summed E-state index contributed by atoms with van der Waals surface area (Å²) in [5.74, 6) is -1.13. The van der Waals surface area contributed by atoms with Crippen LogP contribution in [0.1, 0.15) is 53.2 Å². The highest BCUT2D eigenvalue weighted by molar-refractivity contribution is 8.00. The lowest BCUT2D eigenvalue weighted by atomic mass is 9.83. The number of carbonyl (C=O) groups excluding carboxylic acids is 4. The SMILES string of the molecule is O=C(Nc1cccc(SC(C(=O)Nc2cccc3c2C(=O)c2ccccc2C3=O)c2ccccc2)c1)c1ccco1. The average molecular weight is 559 g/mol. The van der Waals surface area contributed by atoms with Crippen LogP contribution in [0, 0.1) is 0 Å². The zero-order valence-corrected chi connectivity index (χ0v) is 22.3. The normalized spacial score (nSPS) is 12.7. The molecule has 2 N–H and O–H groups in total. The van der Waals surface area contributed by atoms with Crippen molar-refractivity contribution >= 4 is 46.5 Å². The number of amides is 2. The summed E-state index contributed by atoms with van der Waals surface area (Å²) in [7, 11) is 0. The zero-order valence-electron chi connectivity index (χ0n) is 21.5. The van der Waals surface area contributed by atoms with Gasteiger partial charge in [-0.25, -0.2) is 0 Å². The van der Waals surface area contributed by atoms with Crippen molar-refractivity contribution < 1.29 is 23.6 Å². The minimum atomic E-state index is -0.704. The summed E-state index contributed by atoms with van der Waals surface area (Å²) in [5.41, 5.74) is 2.68. The third kappa shape index (κ3) is 5.20. The van der Waals surface area contributed by atoms with Gasteiger partial charge in [0.15, 0.2) is 17.3 Å². The fraction of sp³-hybridized carbons (Fsp3) is 0.0303. The average Bonchev–Trinajstić information content (AvgIpc) is 3.55. The zero-order chi connectivity index (χ0) is 28.3. The number of thioether (sulfide) groups is 1. The van der Waals surface area contributed by atoms with Crippen molar-refractivity contribution in [1.29, 1.82) is 0 Å². The molecule has 0 fully saturated rings. The van der Waals surface area contributed by atoms with Crippen molar-refractivity contribution in [1.82, 2.24) is 0 Å². The molecule has 7 nitrogen and oxygen atoms in total. The van der Waals surface area contributed by atoms with E-state index in [-0.39, 0.29) is 46.0 Å². The highest BCUT2D eigenvalue weighted by atomic mass is 32.2. The van der Waals surface area contributed by atoms with Gasteiger partial charge in [-0.3, -0.25) is 19.2 Å². The van der Waals surface area contributed by atoms with Crippen molar-refractivity contribution in [2.45, 2.75) is 10.1 Å². The Bertz CT molecular complexity index is 1800. The van der Waals surface area contributed by atoms with E-state index in [1.54, 1.807) is 72.8 Å². The fourth-order valence-corrected chi connectivity index (χ4v) is 5.82. The maximum Gasteiger partial charge on any atom is 0.291 e. The summed E-state index contributed by atoms with van der Waals surface area (Å²) in [4.78, 5) is 53.7. The lowest BCUT2D eigenvalue weighted by Crippen LogP contribution is -2.25. The van der Waals surface area contributed by atoms with Gasteiger partial charge in [0.1, 0.15) is 5.25 Å². The summed E-state index contributed by atoms with van der Waals surface area (Å²) in [6.45, 7) is 0. The van der Waals surface area contributed by atoms with Crippen LogP contribution in [0.2, 0.25) is 0 Å². The van der Waals surface area contributed by atoms with Crippen molar-refractivity contribution in [2.24, 2.45) is 0 Å². The Morgan fingerprint density at radius 1 is 0.683 bits per heavy atom. The number of carbonyl (C=O) groups is 4. The number of benzene rings is 4. The number of fused-ring (bicyclic) bond motifs is 2. The third-order valence-corrected chi connectivity index (χ3v) is 7.89. The number of rotatable bonds is 7. The molecule has 1 aliphatic carbocycles. The number of anilines is 2. The molecule has 2 amide bonds. The molecule has 0 saturated carbocycles. The van der Waals surface area contributed by atoms with Gasteiger partial charge in [0.25, 0.3) is 5.91 Å². The molecule has 0 spiro atoms. The van der Waals surface area contributed by atoms with Gasteiger partial charge in [-0.15, -0.1) is 11.8 Å². The van der Waals surface area contributed by atoms with E-state index in [4.69, 9.17) is 4.42 Å². The van der Waals surface area contributed by atoms with Crippen molar-refractivity contribution in [3.8, 4) is 0 Å². The Morgan fingerprint density at radius 3 is 2.15 bits per heavy atom. The number of hydrogen-bond donors (Lipinski definition) is 2. The van der Waals surface area contributed by atoms with Gasteiger partial charge >= 0.3 is 0 Å². The van der Waals surface area contributed by atoms with Gasteiger partial charge in [0, 0.05) is 27.3 Å². The first-order valence-corrected chi connectivity index (χ1v) is 13.7. The van der Waals surface area contributed by atoms with Gasteiger partial charge in [0.05, 0.1) is 17.5 Å². The quantitative estimate of drug-likeness (QED) is 0.209. The topological polar surface area (TPSA) is 105 Å². The smallest absolute Gasteiger partial charge is 0.291 e. The van der Waals surface area contributed by atoms with Crippen molar-refractivity contribution in [2.75, 3.05) is 10.6 Å². The highest BCUT2D eigenvalue weighted by Gasteiger charge is 2.32. The van der Waals surface area contributed by atoms with E-state index in [0.717, 1.165) is 10.5 Å². The van der Waals surface area contributed by atoms with Crippen LogP contribution in [0.15, 0.2) is 125 Å². The summed E-state index contributed by atoms with van der Waals surface area (Å²) in [6.07, 6.45) is 1.43. The molecule has 1 aromatic heterocycles. The molecule has 1 heterocycles. The van der Waals surface area contributed by atoms with E-state index >= 15 is 0 Å². The Labute approximate surface area is 239 Å². The first-order chi connectivity index (χ1) is 20.0. The maximum absolute atomic E-state index is 13.8. The van der Waals surface area contributed by atoms with E-state index in [2.05, 4.69) is 10.6 Å². The lowest BCUT2D eigenvalue weighted by molar-refractivity contribution is -0.115. The highest BCUT2D eigenvalue weighted by Crippen LogP contribution is 2.38. The number of hydrogen-bond acceptors (Lipinski definition) is 6. The molecule has 0 radical (unpaired) electrons. The minimum absolute atomic E-state index is 0.184. The van der Waals surface area contributed by atoms with Crippen LogP contribution >= 0.6 is 11.8 Å². The molecule has 5 aromatic rings. The second-order valence-corrected chi connectivity index (χ2v) is 10.5. The van der Waals surface area contributed by atoms with Crippen LogP contribution in [0.3, 0.4) is 0 Å². The van der Waals surface area contributed by atoms with E-state index < -0.39 is 5.25 Å². The largest absolute Gasteiger partial charge is 0.459 e. The summed E-state index contributed by atoms with van der Waals surface area (Å²) in [6, 6.07) is 31.2. The Kier molecular flexibility index (Phi) is 7.06. The Hall–Kier alpha value is -5.21. The van der Waals surface area contributed by atoms with Gasteiger partial charge in [0.2, 0.25) is 5.91 Å².